The molecular weight excluding hydrogens is 354 g/mol. The van der Waals surface area contributed by atoms with Crippen LogP contribution in [0, 0.1) is 13.8 Å². The predicted octanol–water partition coefficient (Wildman–Crippen LogP) is 4.61. The van der Waals surface area contributed by atoms with Crippen LogP contribution in [0.3, 0.4) is 0 Å². The van der Waals surface area contributed by atoms with Crippen LogP contribution in [0.4, 0.5) is 0 Å². The summed E-state index contributed by atoms with van der Waals surface area (Å²) < 4.78 is 6.46. The van der Waals surface area contributed by atoms with E-state index in [4.69, 9.17) is 4.42 Å². The van der Waals surface area contributed by atoms with Crippen LogP contribution in [0.2, 0.25) is 0 Å². The van der Waals surface area contributed by atoms with Crippen molar-refractivity contribution in [3.05, 3.63) is 75.2 Å². The van der Waals surface area contributed by atoms with Crippen molar-refractivity contribution in [3.8, 4) is 0 Å². The third-order valence-corrected chi connectivity index (χ3v) is 3.93. The highest BCUT2D eigenvalue weighted by Gasteiger charge is 2.05. The summed E-state index contributed by atoms with van der Waals surface area (Å²) in [6, 6.07) is 10.2. The van der Waals surface area contributed by atoms with Crippen molar-refractivity contribution in [3.63, 3.8) is 0 Å². The second-order valence-electron chi connectivity index (χ2n) is 5.39. The van der Waals surface area contributed by atoms with E-state index in [2.05, 4.69) is 63.2 Å². The molecule has 0 saturated carbocycles. The highest BCUT2D eigenvalue weighted by Crippen LogP contribution is 2.15. The van der Waals surface area contributed by atoms with Crippen molar-refractivity contribution in [2.75, 3.05) is 0 Å². The first kappa shape index (κ1) is 15.6. The number of rotatable bonds is 4. The van der Waals surface area contributed by atoms with Gasteiger partial charge in [0.2, 0.25) is 11.8 Å². The molecule has 3 rings (SSSR count). The molecule has 2 aromatic heterocycles. The number of benzene rings is 1. The van der Waals surface area contributed by atoms with Gasteiger partial charge >= 0.3 is 0 Å². The second kappa shape index (κ2) is 6.87. The zero-order valence-corrected chi connectivity index (χ0v) is 14.5. The average Bonchev–Trinajstić information content (AvgIpc) is 2.96. The Morgan fingerprint density at radius 1 is 1.09 bits per heavy atom. The zero-order chi connectivity index (χ0) is 16.2. The SMILES string of the molecule is Cc1ccc(/C=C/c2nnc(Cc3ccc(Br)nc3)o2)c(C)c1. The predicted molar refractivity (Wildman–Crippen MR) is 93.9 cm³/mol. The zero-order valence-electron chi connectivity index (χ0n) is 13.0. The van der Waals surface area contributed by atoms with Crippen molar-refractivity contribution in [2.45, 2.75) is 20.3 Å². The number of hydrogen-bond donors (Lipinski definition) is 0. The van der Waals surface area contributed by atoms with Crippen LogP contribution in [0.25, 0.3) is 12.2 Å². The maximum absolute atomic E-state index is 5.65. The van der Waals surface area contributed by atoms with Gasteiger partial charge in [0.1, 0.15) is 4.60 Å². The Hall–Kier alpha value is -2.27. The van der Waals surface area contributed by atoms with E-state index < -0.39 is 0 Å². The number of nitrogens with zero attached hydrogens (tertiary/aromatic N) is 3. The highest BCUT2D eigenvalue weighted by molar-refractivity contribution is 9.10. The smallest absolute Gasteiger partial charge is 0.240 e. The number of aryl methyl sites for hydroxylation is 2. The molecule has 0 fully saturated rings. The first-order valence-electron chi connectivity index (χ1n) is 7.28. The fourth-order valence-electron chi connectivity index (χ4n) is 2.26. The normalized spacial score (nSPS) is 11.3. The van der Waals surface area contributed by atoms with Crippen molar-refractivity contribution in [1.82, 2.24) is 15.2 Å². The Labute approximate surface area is 143 Å². The molecule has 0 radical (unpaired) electrons. The Balaban J connectivity index is 1.71. The van der Waals surface area contributed by atoms with E-state index >= 15 is 0 Å². The van der Waals surface area contributed by atoms with Crippen LogP contribution in [0.1, 0.15) is 34.0 Å². The summed E-state index contributed by atoms with van der Waals surface area (Å²) in [7, 11) is 0. The molecule has 116 valence electrons. The Morgan fingerprint density at radius 2 is 1.96 bits per heavy atom. The molecule has 23 heavy (non-hydrogen) atoms. The highest BCUT2D eigenvalue weighted by atomic mass is 79.9. The summed E-state index contributed by atoms with van der Waals surface area (Å²) in [6.07, 6.45) is 6.20. The Bertz CT molecular complexity index is 838. The first-order valence-corrected chi connectivity index (χ1v) is 8.07. The van der Waals surface area contributed by atoms with Crippen LogP contribution < -0.4 is 0 Å². The van der Waals surface area contributed by atoms with Crippen LogP contribution in [-0.2, 0) is 6.42 Å². The van der Waals surface area contributed by atoms with Crippen LogP contribution in [0.5, 0.6) is 0 Å². The minimum Gasteiger partial charge on any atom is -0.421 e. The summed E-state index contributed by atoms with van der Waals surface area (Å²) in [5.41, 5.74) is 4.65. The molecular formula is C18H16BrN3O. The molecule has 0 atom stereocenters. The lowest BCUT2D eigenvalue weighted by Gasteiger charge is -2.00. The third kappa shape index (κ3) is 4.13. The maximum atomic E-state index is 5.65. The minimum absolute atomic E-state index is 0.505. The number of aromatic nitrogens is 3. The van der Waals surface area contributed by atoms with Gasteiger partial charge in [-0.3, -0.25) is 0 Å². The lowest BCUT2D eigenvalue weighted by atomic mass is 10.1. The largest absolute Gasteiger partial charge is 0.421 e. The van der Waals surface area contributed by atoms with Crippen molar-refractivity contribution in [1.29, 1.82) is 0 Å². The molecule has 0 unspecified atom stereocenters. The molecule has 0 aliphatic carbocycles. The summed E-state index contributed by atoms with van der Waals surface area (Å²) in [5.74, 6) is 1.08. The number of hydrogen-bond acceptors (Lipinski definition) is 4. The molecule has 2 heterocycles. The molecule has 5 heteroatoms. The van der Waals surface area contributed by atoms with Gasteiger partial charge < -0.3 is 4.42 Å². The fraction of sp³-hybridized carbons (Fsp3) is 0.167. The van der Waals surface area contributed by atoms with E-state index in [9.17, 15) is 0 Å². The lowest BCUT2D eigenvalue weighted by Crippen LogP contribution is -1.89. The fourth-order valence-corrected chi connectivity index (χ4v) is 2.50. The maximum Gasteiger partial charge on any atom is 0.240 e. The molecule has 0 saturated heterocycles. The molecule has 0 amide bonds. The first-order chi connectivity index (χ1) is 11.1. The summed E-state index contributed by atoms with van der Waals surface area (Å²) in [4.78, 5) is 4.19. The summed E-state index contributed by atoms with van der Waals surface area (Å²) in [6.45, 7) is 4.17. The lowest BCUT2D eigenvalue weighted by molar-refractivity contribution is 0.496. The van der Waals surface area contributed by atoms with Crippen LogP contribution in [-0.4, -0.2) is 15.2 Å². The van der Waals surface area contributed by atoms with Gasteiger partial charge in [-0.2, -0.15) is 0 Å². The summed E-state index contributed by atoms with van der Waals surface area (Å²) in [5, 5.41) is 8.13. The average molecular weight is 370 g/mol. The molecule has 0 N–H and O–H groups in total. The quantitative estimate of drug-likeness (QED) is 0.630. The van der Waals surface area contributed by atoms with Gasteiger partial charge in [-0.1, -0.05) is 29.8 Å². The van der Waals surface area contributed by atoms with Gasteiger partial charge in [0.05, 0.1) is 6.42 Å². The standard InChI is InChI=1S/C18H16BrN3O/c1-12-3-5-15(13(2)9-12)6-8-17-21-22-18(23-17)10-14-4-7-16(19)20-11-14/h3-9,11H,10H2,1-2H3/b8-6+. The van der Waals surface area contributed by atoms with Gasteiger partial charge in [-0.15, -0.1) is 10.2 Å². The molecule has 0 aliphatic rings. The van der Waals surface area contributed by atoms with Crippen LogP contribution in [0.15, 0.2) is 45.5 Å². The van der Waals surface area contributed by atoms with E-state index in [1.165, 1.54) is 11.1 Å². The Kier molecular flexibility index (Phi) is 4.67. The molecule has 0 aliphatic heterocycles. The van der Waals surface area contributed by atoms with Crippen molar-refractivity contribution >= 4 is 28.1 Å². The summed E-state index contributed by atoms with van der Waals surface area (Å²) >= 11 is 3.32. The van der Waals surface area contributed by atoms with E-state index in [-0.39, 0.29) is 0 Å². The minimum atomic E-state index is 0.505. The Morgan fingerprint density at radius 3 is 2.70 bits per heavy atom. The van der Waals surface area contributed by atoms with Crippen molar-refractivity contribution in [2.24, 2.45) is 0 Å². The molecule has 0 spiro atoms. The van der Waals surface area contributed by atoms with Gasteiger partial charge in [0.25, 0.3) is 0 Å². The van der Waals surface area contributed by atoms with Crippen LogP contribution >= 0.6 is 15.9 Å². The van der Waals surface area contributed by atoms with Gasteiger partial charge in [0, 0.05) is 12.3 Å². The van der Waals surface area contributed by atoms with E-state index in [0.29, 0.717) is 18.2 Å². The molecule has 1 aromatic carbocycles. The molecule has 3 aromatic rings. The third-order valence-electron chi connectivity index (χ3n) is 3.46. The van der Waals surface area contributed by atoms with Gasteiger partial charge in [-0.25, -0.2) is 4.98 Å². The van der Waals surface area contributed by atoms with E-state index in [1.807, 2.05) is 24.3 Å². The van der Waals surface area contributed by atoms with E-state index in [0.717, 1.165) is 15.7 Å². The van der Waals surface area contributed by atoms with Gasteiger partial charge in [-0.05, 0) is 58.6 Å². The molecule has 4 nitrogen and oxygen atoms in total. The number of halogens is 1. The molecule has 0 bridgehead atoms. The topological polar surface area (TPSA) is 51.8 Å². The number of pyridine rings is 1. The second-order valence-corrected chi connectivity index (χ2v) is 6.21. The van der Waals surface area contributed by atoms with E-state index in [1.54, 1.807) is 6.20 Å². The van der Waals surface area contributed by atoms with Gasteiger partial charge in [0.15, 0.2) is 0 Å². The monoisotopic (exact) mass is 369 g/mol. The van der Waals surface area contributed by atoms with Crippen molar-refractivity contribution < 1.29 is 4.42 Å².